The second kappa shape index (κ2) is 10.4. The summed E-state index contributed by atoms with van der Waals surface area (Å²) in [7, 11) is 0. The van der Waals surface area contributed by atoms with Crippen molar-refractivity contribution >= 4 is 34.1 Å². The molecule has 190 valence electrons. The molecule has 8 heteroatoms. The number of aromatic hydroxyl groups is 1. The second-order valence-electron chi connectivity index (χ2n) is 9.70. The van der Waals surface area contributed by atoms with Gasteiger partial charge in [-0.15, -0.1) is 0 Å². The van der Waals surface area contributed by atoms with E-state index >= 15 is 0 Å². The molecule has 1 fully saturated rings. The van der Waals surface area contributed by atoms with E-state index in [9.17, 15) is 14.3 Å². The summed E-state index contributed by atoms with van der Waals surface area (Å²) >= 11 is 0. The van der Waals surface area contributed by atoms with Gasteiger partial charge in [0.15, 0.2) is 0 Å². The molecule has 2 heterocycles. The van der Waals surface area contributed by atoms with Crippen LogP contribution in [0.4, 0.5) is 21.7 Å². The first-order valence-corrected chi connectivity index (χ1v) is 12.6. The number of hydrogen-bond acceptors (Lipinski definition) is 6. The summed E-state index contributed by atoms with van der Waals surface area (Å²) in [5, 5.41) is 17.6. The number of aromatic nitrogens is 2. The smallest absolute Gasteiger partial charge is 0.255 e. The van der Waals surface area contributed by atoms with E-state index in [1.807, 2.05) is 26.0 Å². The fourth-order valence-corrected chi connectivity index (χ4v) is 4.63. The first-order valence-electron chi connectivity index (χ1n) is 12.6. The van der Waals surface area contributed by atoms with Crippen molar-refractivity contribution in [1.82, 2.24) is 9.97 Å². The number of rotatable bonds is 6. The Labute approximate surface area is 215 Å². The standard InChI is InChI=1S/C29H30FN5O2/c1-18(2)32-29-31-17-21-14-25(27(36)16-26(21)34-29)19-7-6-8-23(12-19)33-28(37)20-11-22(30)15-24(13-20)35-9-4-3-5-10-35/h6-8,11-18,36H,3-5,9-10H2,1-2H3,(H,33,37)(H,31,32,34). The SMILES string of the molecule is CC(C)Nc1ncc2cc(-c3cccc(NC(=O)c4cc(F)cc(N5CCCCC5)c4)c3)c(O)cc2n1. The maximum atomic E-state index is 14.4. The van der Waals surface area contributed by atoms with Crippen molar-refractivity contribution < 1.29 is 14.3 Å². The van der Waals surface area contributed by atoms with E-state index in [-0.39, 0.29) is 17.4 Å². The van der Waals surface area contributed by atoms with Crippen LogP contribution in [0.5, 0.6) is 5.75 Å². The first kappa shape index (κ1) is 24.5. The minimum absolute atomic E-state index is 0.0708. The molecule has 0 aliphatic carbocycles. The quantitative estimate of drug-likeness (QED) is 0.292. The largest absolute Gasteiger partial charge is 0.507 e. The van der Waals surface area contributed by atoms with Crippen molar-refractivity contribution in [2.24, 2.45) is 0 Å². The normalized spacial score (nSPS) is 13.7. The van der Waals surface area contributed by atoms with Crippen LogP contribution in [0.1, 0.15) is 43.5 Å². The summed E-state index contributed by atoms with van der Waals surface area (Å²) in [5.41, 5.74) is 3.47. The summed E-state index contributed by atoms with van der Waals surface area (Å²) in [6.07, 6.45) is 5.01. The van der Waals surface area contributed by atoms with Crippen molar-refractivity contribution in [2.75, 3.05) is 28.6 Å². The lowest BCUT2D eigenvalue weighted by Gasteiger charge is -2.29. The Balaban J connectivity index is 1.39. The minimum Gasteiger partial charge on any atom is -0.507 e. The lowest BCUT2D eigenvalue weighted by molar-refractivity contribution is 0.102. The van der Waals surface area contributed by atoms with Crippen LogP contribution >= 0.6 is 0 Å². The summed E-state index contributed by atoms with van der Waals surface area (Å²) in [5.74, 6) is -0.255. The van der Waals surface area contributed by atoms with E-state index < -0.39 is 11.7 Å². The van der Waals surface area contributed by atoms with Gasteiger partial charge in [-0.05, 0) is 75.1 Å². The molecule has 1 aromatic heterocycles. The lowest BCUT2D eigenvalue weighted by atomic mass is 10.0. The predicted octanol–water partition coefficient (Wildman–Crippen LogP) is 6.20. The number of phenols is 1. The highest BCUT2D eigenvalue weighted by Gasteiger charge is 2.16. The Hall–Kier alpha value is -4.20. The number of nitrogens with zero attached hydrogens (tertiary/aromatic N) is 3. The van der Waals surface area contributed by atoms with E-state index in [0.717, 1.165) is 42.6 Å². The summed E-state index contributed by atoms with van der Waals surface area (Å²) in [6.45, 7) is 5.73. The summed E-state index contributed by atoms with van der Waals surface area (Å²) < 4.78 is 14.4. The van der Waals surface area contributed by atoms with Crippen molar-refractivity contribution in [3.63, 3.8) is 0 Å². The molecule has 3 aromatic carbocycles. The van der Waals surface area contributed by atoms with E-state index in [4.69, 9.17) is 0 Å². The van der Waals surface area contributed by atoms with Crippen LogP contribution < -0.4 is 15.5 Å². The first-order chi connectivity index (χ1) is 17.9. The number of carbonyl (C=O) groups excluding carboxylic acids is 1. The number of benzene rings is 3. The molecule has 0 atom stereocenters. The highest BCUT2D eigenvalue weighted by molar-refractivity contribution is 6.05. The molecule has 0 saturated carbocycles. The third-order valence-electron chi connectivity index (χ3n) is 6.41. The molecular weight excluding hydrogens is 469 g/mol. The van der Waals surface area contributed by atoms with Gasteiger partial charge in [0.1, 0.15) is 11.6 Å². The Kier molecular flexibility index (Phi) is 6.90. The third-order valence-corrected chi connectivity index (χ3v) is 6.41. The number of halogens is 1. The van der Waals surface area contributed by atoms with Gasteiger partial charge in [-0.1, -0.05) is 12.1 Å². The number of nitrogens with one attached hydrogen (secondary N) is 2. The lowest BCUT2D eigenvalue weighted by Crippen LogP contribution is -2.29. The number of hydrogen-bond donors (Lipinski definition) is 3. The molecule has 0 bridgehead atoms. The fourth-order valence-electron chi connectivity index (χ4n) is 4.63. The molecule has 1 saturated heterocycles. The molecule has 1 aliphatic heterocycles. The number of amides is 1. The molecule has 7 nitrogen and oxygen atoms in total. The van der Waals surface area contributed by atoms with Gasteiger partial charge in [-0.2, -0.15) is 0 Å². The van der Waals surface area contributed by atoms with E-state index in [2.05, 4.69) is 25.5 Å². The monoisotopic (exact) mass is 499 g/mol. The Morgan fingerprint density at radius 1 is 1.05 bits per heavy atom. The van der Waals surface area contributed by atoms with Gasteiger partial charge in [-0.3, -0.25) is 4.79 Å². The van der Waals surface area contributed by atoms with Crippen molar-refractivity contribution in [1.29, 1.82) is 0 Å². The number of carbonyl (C=O) groups is 1. The minimum atomic E-state index is -0.433. The maximum absolute atomic E-state index is 14.4. The van der Waals surface area contributed by atoms with E-state index in [1.54, 1.807) is 36.5 Å². The predicted molar refractivity (Wildman–Crippen MR) is 146 cm³/mol. The van der Waals surface area contributed by atoms with Gasteiger partial charge in [-0.25, -0.2) is 14.4 Å². The zero-order chi connectivity index (χ0) is 25.9. The van der Waals surface area contributed by atoms with Crippen LogP contribution in [0.15, 0.2) is 60.8 Å². The maximum Gasteiger partial charge on any atom is 0.255 e. The summed E-state index contributed by atoms with van der Waals surface area (Å²) in [6, 6.07) is 15.3. The van der Waals surface area contributed by atoms with Gasteiger partial charge in [0.2, 0.25) is 5.95 Å². The molecule has 5 rings (SSSR count). The van der Waals surface area contributed by atoms with Crippen LogP contribution in [-0.2, 0) is 0 Å². The number of anilines is 3. The Morgan fingerprint density at radius 2 is 1.86 bits per heavy atom. The molecule has 0 unspecified atom stereocenters. The zero-order valence-electron chi connectivity index (χ0n) is 21.0. The van der Waals surface area contributed by atoms with Crippen molar-refractivity contribution in [2.45, 2.75) is 39.2 Å². The molecule has 0 spiro atoms. The molecule has 3 N–H and O–H groups in total. The van der Waals surface area contributed by atoms with E-state index in [1.165, 1.54) is 18.6 Å². The highest BCUT2D eigenvalue weighted by Crippen LogP contribution is 2.34. The molecule has 4 aromatic rings. The number of phenolic OH excluding ortho intramolecular Hbond substituents is 1. The topological polar surface area (TPSA) is 90.4 Å². The zero-order valence-corrected chi connectivity index (χ0v) is 21.0. The van der Waals surface area contributed by atoms with Crippen LogP contribution in [0, 0.1) is 5.82 Å². The van der Waals surface area contributed by atoms with Crippen LogP contribution in [0.3, 0.4) is 0 Å². The van der Waals surface area contributed by atoms with Crippen molar-refractivity contribution in [3.8, 4) is 16.9 Å². The number of fused-ring (bicyclic) bond motifs is 1. The molecule has 37 heavy (non-hydrogen) atoms. The molecule has 1 amide bonds. The van der Waals surface area contributed by atoms with Crippen LogP contribution in [0.25, 0.3) is 22.0 Å². The van der Waals surface area contributed by atoms with Crippen LogP contribution in [0.2, 0.25) is 0 Å². The van der Waals surface area contributed by atoms with Gasteiger partial charge >= 0.3 is 0 Å². The number of piperidine rings is 1. The van der Waals surface area contributed by atoms with Gasteiger partial charge in [0.05, 0.1) is 5.52 Å². The summed E-state index contributed by atoms with van der Waals surface area (Å²) in [4.78, 5) is 24.0. The Bertz CT molecular complexity index is 1450. The highest BCUT2D eigenvalue weighted by atomic mass is 19.1. The van der Waals surface area contributed by atoms with Gasteiger partial charge in [0.25, 0.3) is 5.91 Å². The third kappa shape index (κ3) is 5.63. The Morgan fingerprint density at radius 3 is 2.65 bits per heavy atom. The molecule has 1 aliphatic rings. The van der Waals surface area contributed by atoms with Crippen LogP contribution in [-0.4, -0.2) is 40.1 Å². The fraction of sp³-hybridized carbons (Fsp3) is 0.276. The average molecular weight is 500 g/mol. The van der Waals surface area contributed by atoms with Crippen molar-refractivity contribution in [3.05, 3.63) is 72.2 Å². The molecular formula is C29H30FN5O2. The van der Waals surface area contributed by atoms with Gasteiger partial charge in [0, 0.05) is 59.3 Å². The van der Waals surface area contributed by atoms with Gasteiger partial charge < -0.3 is 20.6 Å². The average Bonchev–Trinajstić information content (AvgIpc) is 2.88. The second-order valence-corrected chi connectivity index (χ2v) is 9.70. The van der Waals surface area contributed by atoms with E-state index in [0.29, 0.717) is 22.7 Å². The molecule has 0 radical (unpaired) electrons.